The van der Waals surface area contributed by atoms with Gasteiger partial charge in [-0.15, -0.1) is 5.10 Å². The lowest BCUT2D eigenvalue weighted by Crippen LogP contribution is -2.19. The van der Waals surface area contributed by atoms with Crippen LogP contribution in [0.2, 0.25) is 0 Å². The number of nitrogens with one attached hydrogen (secondary N) is 2. The van der Waals surface area contributed by atoms with Crippen LogP contribution in [0.4, 0.5) is 5.69 Å². The van der Waals surface area contributed by atoms with E-state index in [1.807, 2.05) is 26.0 Å². The second-order valence-electron chi connectivity index (χ2n) is 6.22. The number of aromatic nitrogens is 4. The number of thioether (sulfide) groups is 1. The number of carbonyl (C=O) groups is 2. The van der Waals surface area contributed by atoms with Crippen molar-refractivity contribution in [3.05, 3.63) is 59.2 Å². The van der Waals surface area contributed by atoms with Crippen LogP contribution in [-0.4, -0.2) is 44.8 Å². The fraction of sp³-hybridized carbons (Fsp3) is 0.211. The maximum Gasteiger partial charge on any atom is 0.251 e. The highest BCUT2D eigenvalue weighted by atomic mass is 32.2. The number of hydrogen-bond acceptors (Lipinski definition) is 6. The molecule has 3 aromatic rings. The van der Waals surface area contributed by atoms with E-state index >= 15 is 0 Å². The van der Waals surface area contributed by atoms with E-state index in [-0.39, 0.29) is 17.6 Å². The lowest BCUT2D eigenvalue weighted by molar-refractivity contribution is -0.113. The van der Waals surface area contributed by atoms with Crippen LogP contribution in [0.15, 0.2) is 47.6 Å². The van der Waals surface area contributed by atoms with E-state index in [9.17, 15) is 9.59 Å². The van der Waals surface area contributed by atoms with E-state index in [2.05, 4.69) is 32.2 Å². The molecule has 9 heteroatoms. The first kappa shape index (κ1) is 19.6. The second kappa shape index (κ2) is 8.66. The summed E-state index contributed by atoms with van der Waals surface area (Å²) in [6, 6.07) is 12.8. The van der Waals surface area contributed by atoms with Crippen molar-refractivity contribution in [1.82, 2.24) is 25.5 Å². The third-order valence-corrected chi connectivity index (χ3v) is 4.78. The van der Waals surface area contributed by atoms with Crippen LogP contribution in [0.1, 0.15) is 21.5 Å². The summed E-state index contributed by atoms with van der Waals surface area (Å²) in [6.45, 7) is 4.02. The molecule has 0 aliphatic rings. The Balaban J connectivity index is 1.66. The van der Waals surface area contributed by atoms with Crippen molar-refractivity contribution >= 4 is 29.3 Å². The monoisotopic (exact) mass is 396 g/mol. The maximum atomic E-state index is 12.3. The van der Waals surface area contributed by atoms with Gasteiger partial charge >= 0.3 is 0 Å². The standard InChI is InChI=1S/C19H20N6O2S/c1-12-7-13(2)9-16(8-12)25-19(22-23-24-25)28-11-17(26)21-15-6-4-5-14(10-15)18(27)20-3/h4-10H,11H2,1-3H3,(H,20,27)(H,21,26). The molecule has 0 saturated heterocycles. The number of hydrogen-bond donors (Lipinski definition) is 2. The Hall–Kier alpha value is -3.20. The zero-order valence-corrected chi connectivity index (χ0v) is 16.6. The molecule has 2 amide bonds. The Morgan fingerprint density at radius 2 is 1.86 bits per heavy atom. The molecule has 144 valence electrons. The van der Waals surface area contributed by atoms with Crippen molar-refractivity contribution < 1.29 is 9.59 Å². The van der Waals surface area contributed by atoms with Crippen LogP contribution in [0, 0.1) is 13.8 Å². The molecule has 0 bridgehead atoms. The Morgan fingerprint density at radius 1 is 1.11 bits per heavy atom. The predicted molar refractivity (Wildman–Crippen MR) is 108 cm³/mol. The van der Waals surface area contributed by atoms with Gasteiger partial charge in [0.15, 0.2) is 0 Å². The summed E-state index contributed by atoms with van der Waals surface area (Å²) in [5, 5.41) is 17.6. The Labute approximate surface area is 166 Å². The molecule has 0 fully saturated rings. The van der Waals surface area contributed by atoms with Gasteiger partial charge in [-0.05, 0) is 65.7 Å². The van der Waals surface area contributed by atoms with Crippen LogP contribution in [-0.2, 0) is 4.79 Å². The molecule has 2 N–H and O–H groups in total. The highest BCUT2D eigenvalue weighted by Gasteiger charge is 2.13. The Morgan fingerprint density at radius 3 is 2.57 bits per heavy atom. The molecule has 2 aromatic carbocycles. The molecule has 0 spiro atoms. The first-order valence-corrected chi connectivity index (χ1v) is 9.56. The molecule has 0 unspecified atom stereocenters. The van der Waals surface area contributed by atoms with Gasteiger partial charge in [-0.1, -0.05) is 23.9 Å². The van der Waals surface area contributed by atoms with Crippen molar-refractivity contribution in [2.75, 3.05) is 18.1 Å². The fourth-order valence-corrected chi connectivity index (χ4v) is 3.40. The van der Waals surface area contributed by atoms with Crippen LogP contribution >= 0.6 is 11.8 Å². The van der Waals surface area contributed by atoms with Crippen LogP contribution in [0.5, 0.6) is 0 Å². The Bertz CT molecular complexity index is 997. The SMILES string of the molecule is CNC(=O)c1cccc(NC(=O)CSc2nnnn2-c2cc(C)cc(C)c2)c1. The lowest BCUT2D eigenvalue weighted by Gasteiger charge is -2.08. The number of aryl methyl sites for hydroxylation is 2. The van der Waals surface area contributed by atoms with E-state index in [4.69, 9.17) is 0 Å². The van der Waals surface area contributed by atoms with Crippen LogP contribution in [0.25, 0.3) is 5.69 Å². The van der Waals surface area contributed by atoms with Gasteiger partial charge in [0, 0.05) is 18.3 Å². The summed E-state index contributed by atoms with van der Waals surface area (Å²) in [5.41, 5.74) is 4.10. The molecule has 0 aliphatic carbocycles. The average molecular weight is 396 g/mol. The van der Waals surface area contributed by atoms with Crippen molar-refractivity contribution in [2.45, 2.75) is 19.0 Å². The summed E-state index contributed by atoms with van der Waals surface area (Å²) in [4.78, 5) is 24.0. The van der Waals surface area contributed by atoms with Gasteiger partial charge in [-0.25, -0.2) is 0 Å². The summed E-state index contributed by atoms with van der Waals surface area (Å²) in [7, 11) is 1.56. The number of rotatable bonds is 6. The van der Waals surface area contributed by atoms with E-state index < -0.39 is 0 Å². The van der Waals surface area contributed by atoms with Gasteiger partial charge in [-0.2, -0.15) is 4.68 Å². The minimum absolute atomic E-state index is 0.134. The number of carbonyl (C=O) groups excluding carboxylic acids is 2. The van der Waals surface area contributed by atoms with Crippen molar-refractivity contribution in [1.29, 1.82) is 0 Å². The lowest BCUT2D eigenvalue weighted by atomic mass is 10.1. The number of tetrazole rings is 1. The third kappa shape index (κ3) is 4.74. The highest BCUT2D eigenvalue weighted by Crippen LogP contribution is 2.20. The number of anilines is 1. The first-order chi connectivity index (χ1) is 13.5. The molecule has 1 aromatic heterocycles. The molecule has 8 nitrogen and oxygen atoms in total. The second-order valence-corrected chi connectivity index (χ2v) is 7.16. The number of benzene rings is 2. The van der Waals surface area contributed by atoms with E-state index in [0.29, 0.717) is 16.4 Å². The molecule has 3 rings (SSSR count). The predicted octanol–water partition coefficient (Wildman–Crippen LogP) is 2.37. The zero-order valence-electron chi connectivity index (χ0n) is 15.8. The molecule has 28 heavy (non-hydrogen) atoms. The topological polar surface area (TPSA) is 102 Å². The smallest absolute Gasteiger partial charge is 0.251 e. The quantitative estimate of drug-likeness (QED) is 0.620. The third-order valence-electron chi connectivity index (χ3n) is 3.86. The van der Waals surface area contributed by atoms with Crippen molar-refractivity contribution in [3.63, 3.8) is 0 Å². The first-order valence-electron chi connectivity index (χ1n) is 8.58. The molecule has 1 heterocycles. The summed E-state index contributed by atoms with van der Waals surface area (Å²) >= 11 is 1.24. The largest absolute Gasteiger partial charge is 0.355 e. The number of nitrogens with zero attached hydrogens (tertiary/aromatic N) is 4. The summed E-state index contributed by atoms with van der Waals surface area (Å²) < 4.78 is 1.62. The van der Waals surface area contributed by atoms with Gasteiger partial charge in [0.25, 0.3) is 5.91 Å². The van der Waals surface area contributed by atoms with Crippen molar-refractivity contribution in [2.24, 2.45) is 0 Å². The van der Waals surface area contributed by atoms with Gasteiger partial charge in [-0.3, -0.25) is 9.59 Å². The normalized spacial score (nSPS) is 10.5. The fourth-order valence-electron chi connectivity index (χ4n) is 2.71. The minimum Gasteiger partial charge on any atom is -0.355 e. The van der Waals surface area contributed by atoms with Gasteiger partial charge in [0.2, 0.25) is 11.1 Å². The van der Waals surface area contributed by atoms with Gasteiger partial charge in [0.05, 0.1) is 11.4 Å². The van der Waals surface area contributed by atoms with Crippen molar-refractivity contribution in [3.8, 4) is 5.69 Å². The van der Waals surface area contributed by atoms with Crippen LogP contribution < -0.4 is 10.6 Å². The average Bonchev–Trinajstić information content (AvgIpc) is 3.14. The minimum atomic E-state index is -0.214. The van der Waals surface area contributed by atoms with E-state index in [1.165, 1.54) is 11.8 Å². The molecule has 0 saturated carbocycles. The summed E-state index contributed by atoms with van der Waals surface area (Å²) in [6.07, 6.45) is 0. The molecular weight excluding hydrogens is 376 g/mol. The molecule has 0 aliphatic heterocycles. The van der Waals surface area contributed by atoms with E-state index in [0.717, 1.165) is 16.8 Å². The molecular formula is C19H20N6O2S. The maximum absolute atomic E-state index is 12.3. The Kier molecular flexibility index (Phi) is 6.05. The summed E-state index contributed by atoms with van der Waals surface area (Å²) in [5.74, 6) is -0.290. The highest BCUT2D eigenvalue weighted by molar-refractivity contribution is 7.99. The van der Waals surface area contributed by atoms with Gasteiger partial charge < -0.3 is 10.6 Å². The number of amides is 2. The molecule has 0 radical (unpaired) electrons. The zero-order chi connectivity index (χ0) is 20.1. The molecule has 0 atom stereocenters. The van der Waals surface area contributed by atoms with Crippen LogP contribution in [0.3, 0.4) is 0 Å². The van der Waals surface area contributed by atoms with Gasteiger partial charge in [0.1, 0.15) is 0 Å². The van der Waals surface area contributed by atoms with E-state index in [1.54, 1.807) is 36.0 Å².